The van der Waals surface area contributed by atoms with Crippen molar-refractivity contribution >= 4 is 28.6 Å². The van der Waals surface area contributed by atoms with Gasteiger partial charge in [0.1, 0.15) is 0 Å². The molecule has 1 amide bonds. The van der Waals surface area contributed by atoms with Crippen LogP contribution in [0.15, 0.2) is 16.8 Å². The van der Waals surface area contributed by atoms with Crippen LogP contribution in [0, 0.1) is 0 Å². The lowest BCUT2D eigenvalue weighted by atomic mass is 10.2. The third kappa shape index (κ3) is 2.23. The normalized spacial score (nSPS) is 16.1. The number of rotatable bonds is 1. The van der Waals surface area contributed by atoms with Gasteiger partial charge in [0.05, 0.1) is 6.54 Å². The minimum Gasteiger partial charge on any atom is -0.295 e. The van der Waals surface area contributed by atoms with Crippen molar-refractivity contribution in [3.05, 3.63) is 11.8 Å². The summed E-state index contributed by atoms with van der Waals surface area (Å²) in [6.45, 7) is 3.28. The molecular weight excluding hydrogens is 200 g/mol. The molecule has 0 spiro atoms. The van der Waals surface area contributed by atoms with Crippen LogP contribution in [0.1, 0.15) is 13.8 Å². The van der Waals surface area contributed by atoms with Gasteiger partial charge in [0.2, 0.25) is 5.91 Å². The molecule has 0 saturated carbocycles. The Hall–Kier alpha value is -1.10. The Bertz CT molecular complexity index is 334. The van der Waals surface area contributed by atoms with Crippen LogP contribution in [-0.2, 0) is 9.59 Å². The SMILES string of the molecule is CSC1=NC=C(C(C)=O)CN1C(C)=O. The molecule has 1 heterocycles. The topological polar surface area (TPSA) is 49.7 Å². The molecule has 4 nitrogen and oxygen atoms in total. The third-order valence-corrected chi connectivity index (χ3v) is 2.60. The summed E-state index contributed by atoms with van der Waals surface area (Å²) in [5, 5.41) is 0.641. The van der Waals surface area contributed by atoms with Crippen LogP contribution in [0.25, 0.3) is 0 Å². The number of amidine groups is 1. The molecule has 0 radical (unpaired) electrons. The number of thioether (sulfide) groups is 1. The van der Waals surface area contributed by atoms with E-state index >= 15 is 0 Å². The van der Waals surface area contributed by atoms with E-state index in [1.54, 1.807) is 0 Å². The summed E-state index contributed by atoms with van der Waals surface area (Å²) in [7, 11) is 0. The number of carbonyl (C=O) groups excluding carboxylic acids is 2. The van der Waals surface area contributed by atoms with Crippen LogP contribution in [0.5, 0.6) is 0 Å². The molecule has 76 valence electrons. The average molecular weight is 212 g/mol. The first kappa shape index (κ1) is 11.0. The summed E-state index contributed by atoms with van der Waals surface area (Å²) in [6, 6.07) is 0. The fraction of sp³-hybridized carbons (Fsp3) is 0.444. The molecule has 0 saturated heterocycles. The van der Waals surface area contributed by atoms with Crippen LogP contribution in [-0.4, -0.2) is 34.6 Å². The van der Waals surface area contributed by atoms with Crippen LogP contribution >= 0.6 is 11.8 Å². The maximum absolute atomic E-state index is 11.2. The Kier molecular flexibility index (Phi) is 3.46. The van der Waals surface area contributed by atoms with E-state index in [0.29, 0.717) is 17.3 Å². The molecule has 0 bridgehead atoms. The Morgan fingerprint density at radius 1 is 1.50 bits per heavy atom. The van der Waals surface area contributed by atoms with Crippen molar-refractivity contribution in [2.75, 3.05) is 12.8 Å². The number of nitrogens with zero attached hydrogens (tertiary/aromatic N) is 2. The van der Waals surface area contributed by atoms with Crippen LogP contribution in [0.2, 0.25) is 0 Å². The van der Waals surface area contributed by atoms with Gasteiger partial charge in [0.25, 0.3) is 0 Å². The summed E-state index contributed by atoms with van der Waals surface area (Å²) in [5.74, 6) is -0.134. The number of hydrogen-bond donors (Lipinski definition) is 0. The lowest BCUT2D eigenvalue weighted by Gasteiger charge is -2.24. The number of ketones is 1. The molecular formula is C9H12N2O2S. The molecule has 1 rings (SSSR count). The molecule has 0 unspecified atom stereocenters. The zero-order valence-electron chi connectivity index (χ0n) is 8.40. The Morgan fingerprint density at radius 3 is 2.57 bits per heavy atom. The summed E-state index contributed by atoms with van der Waals surface area (Å²) in [6.07, 6.45) is 3.38. The van der Waals surface area contributed by atoms with Crippen molar-refractivity contribution in [2.24, 2.45) is 4.99 Å². The molecule has 0 aliphatic carbocycles. The molecule has 0 atom stereocenters. The van der Waals surface area contributed by atoms with E-state index < -0.39 is 0 Å². The lowest BCUT2D eigenvalue weighted by Crippen LogP contribution is -2.37. The molecule has 0 aromatic carbocycles. The molecule has 0 fully saturated rings. The van der Waals surface area contributed by atoms with Crippen LogP contribution < -0.4 is 0 Å². The van der Waals surface area contributed by atoms with Gasteiger partial charge in [0.15, 0.2) is 11.0 Å². The van der Waals surface area contributed by atoms with E-state index in [1.165, 1.54) is 36.7 Å². The van der Waals surface area contributed by atoms with Crippen LogP contribution in [0.4, 0.5) is 0 Å². The second kappa shape index (κ2) is 4.41. The van der Waals surface area contributed by atoms with E-state index in [4.69, 9.17) is 0 Å². The Morgan fingerprint density at radius 2 is 2.14 bits per heavy atom. The quantitative estimate of drug-likeness (QED) is 0.652. The average Bonchev–Trinajstić information content (AvgIpc) is 2.16. The minimum atomic E-state index is -0.0926. The van der Waals surface area contributed by atoms with Gasteiger partial charge in [-0.2, -0.15) is 0 Å². The Labute approximate surface area is 87.1 Å². The van der Waals surface area contributed by atoms with E-state index in [2.05, 4.69) is 4.99 Å². The van der Waals surface area contributed by atoms with Gasteiger partial charge in [0, 0.05) is 18.7 Å². The smallest absolute Gasteiger partial charge is 0.225 e. The van der Waals surface area contributed by atoms with Gasteiger partial charge in [-0.1, -0.05) is 11.8 Å². The van der Waals surface area contributed by atoms with Gasteiger partial charge in [-0.05, 0) is 13.2 Å². The number of Topliss-reactive ketones (excluding diaryl/α,β-unsaturated/α-hetero) is 1. The fourth-order valence-corrected chi connectivity index (χ4v) is 1.66. The summed E-state index contributed by atoms with van der Waals surface area (Å²) in [5.41, 5.74) is 0.568. The first-order chi connectivity index (χ1) is 6.56. The number of amides is 1. The molecule has 1 aliphatic heterocycles. The first-order valence-corrected chi connectivity index (χ1v) is 5.38. The fourth-order valence-electron chi connectivity index (χ4n) is 1.09. The molecule has 0 aromatic rings. The summed E-state index contributed by atoms with van der Waals surface area (Å²) < 4.78 is 0. The number of carbonyl (C=O) groups is 2. The van der Waals surface area contributed by atoms with Gasteiger partial charge >= 0.3 is 0 Å². The number of hydrogen-bond acceptors (Lipinski definition) is 4. The van der Waals surface area contributed by atoms with Gasteiger partial charge in [-0.15, -0.1) is 0 Å². The molecule has 0 aromatic heterocycles. The number of aliphatic imine (C=N–C) groups is 1. The molecule has 5 heteroatoms. The second-order valence-corrected chi connectivity index (χ2v) is 3.70. The highest BCUT2D eigenvalue weighted by atomic mass is 32.2. The maximum Gasteiger partial charge on any atom is 0.225 e. The van der Waals surface area contributed by atoms with E-state index in [-0.39, 0.29) is 11.7 Å². The van der Waals surface area contributed by atoms with Crippen molar-refractivity contribution in [1.82, 2.24) is 4.90 Å². The van der Waals surface area contributed by atoms with Gasteiger partial charge in [-0.3, -0.25) is 14.5 Å². The zero-order valence-corrected chi connectivity index (χ0v) is 9.22. The molecule has 1 aliphatic rings. The predicted octanol–water partition coefficient (Wildman–Crippen LogP) is 1.04. The van der Waals surface area contributed by atoms with Gasteiger partial charge in [-0.25, -0.2) is 4.99 Å². The highest BCUT2D eigenvalue weighted by molar-refractivity contribution is 8.13. The highest BCUT2D eigenvalue weighted by Crippen LogP contribution is 2.15. The Balaban J connectivity index is 2.94. The van der Waals surface area contributed by atoms with Crippen molar-refractivity contribution < 1.29 is 9.59 Å². The minimum absolute atomic E-state index is 0.0415. The first-order valence-electron chi connectivity index (χ1n) is 4.16. The summed E-state index contributed by atoms with van der Waals surface area (Å²) >= 11 is 1.40. The van der Waals surface area contributed by atoms with Crippen molar-refractivity contribution in [2.45, 2.75) is 13.8 Å². The largest absolute Gasteiger partial charge is 0.295 e. The monoisotopic (exact) mass is 212 g/mol. The van der Waals surface area contributed by atoms with E-state index in [0.717, 1.165) is 0 Å². The van der Waals surface area contributed by atoms with Crippen molar-refractivity contribution in [3.8, 4) is 0 Å². The maximum atomic E-state index is 11.2. The standard InChI is InChI=1S/C9H12N2O2S/c1-6(12)8-4-10-9(14-3)11(5-8)7(2)13/h4H,5H2,1-3H3. The van der Waals surface area contributed by atoms with Gasteiger partial charge < -0.3 is 0 Å². The molecule has 14 heavy (non-hydrogen) atoms. The summed E-state index contributed by atoms with van der Waals surface area (Å²) in [4.78, 5) is 27.9. The van der Waals surface area contributed by atoms with Crippen molar-refractivity contribution in [3.63, 3.8) is 0 Å². The zero-order chi connectivity index (χ0) is 10.7. The van der Waals surface area contributed by atoms with Crippen LogP contribution in [0.3, 0.4) is 0 Å². The van der Waals surface area contributed by atoms with Crippen molar-refractivity contribution in [1.29, 1.82) is 0 Å². The predicted molar refractivity (Wildman–Crippen MR) is 57.1 cm³/mol. The third-order valence-electron chi connectivity index (χ3n) is 1.91. The van der Waals surface area contributed by atoms with E-state index in [1.807, 2.05) is 6.26 Å². The lowest BCUT2D eigenvalue weighted by molar-refractivity contribution is -0.124. The highest BCUT2D eigenvalue weighted by Gasteiger charge is 2.21. The molecule has 0 N–H and O–H groups in total. The second-order valence-electron chi connectivity index (χ2n) is 2.93. The van der Waals surface area contributed by atoms with E-state index in [9.17, 15) is 9.59 Å².